The lowest BCUT2D eigenvalue weighted by Gasteiger charge is -2.09. The average molecular weight is 231 g/mol. The average Bonchev–Trinajstić information content (AvgIpc) is 2.29. The van der Waals surface area contributed by atoms with Gasteiger partial charge in [0.05, 0.1) is 11.8 Å². The first-order valence-electron chi connectivity index (χ1n) is 4.88. The van der Waals surface area contributed by atoms with Crippen LogP contribution < -0.4 is 10.5 Å². The van der Waals surface area contributed by atoms with Crippen LogP contribution in [0.5, 0.6) is 11.5 Å². The molecule has 0 radical (unpaired) electrons. The minimum Gasteiger partial charge on any atom is -0.455 e. The zero-order valence-electron chi connectivity index (χ0n) is 8.85. The van der Waals surface area contributed by atoms with Gasteiger partial charge in [-0.2, -0.15) is 0 Å². The molecule has 0 fully saturated rings. The molecule has 1 aromatic carbocycles. The van der Waals surface area contributed by atoms with E-state index in [1.54, 1.807) is 12.1 Å². The first kappa shape index (κ1) is 11.1. The highest BCUT2D eigenvalue weighted by Gasteiger charge is 2.07. The van der Waals surface area contributed by atoms with Crippen molar-refractivity contribution in [1.29, 1.82) is 5.41 Å². The van der Waals surface area contributed by atoms with Crippen LogP contribution >= 0.6 is 0 Å². The van der Waals surface area contributed by atoms with Crippen molar-refractivity contribution in [2.24, 2.45) is 5.73 Å². The minimum atomic E-state index is -0.393. The van der Waals surface area contributed by atoms with Crippen molar-refractivity contribution >= 4 is 5.84 Å². The number of halogens is 1. The van der Waals surface area contributed by atoms with Gasteiger partial charge in [-0.25, -0.2) is 4.39 Å². The Bertz CT molecular complexity index is 557. The van der Waals surface area contributed by atoms with Crippen molar-refractivity contribution in [1.82, 2.24) is 4.98 Å². The van der Waals surface area contributed by atoms with E-state index in [9.17, 15) is 4.39 Å². The number of nitrogens with two attached hydrogens (primary N) is 1. The number of ether oxygens (including phenoxy) is 1. The van der Waals surface area contributed by atoms with E-state index in [4.69, 9.17) is 15.9 Å². The quantitative estimate of drug-likeness (QED) is 0.628. The zero-order chi connectivity index (χ0) is 12.3. The summed E-state index contributed by atoms with van der Waals surface area (Å²) in [5, 5.41) is 7.38. The van der Waals surface area contributed by atoms with Crippen LogP contribution in [0.2, 0.25) is 0 Å². The Morgan fingerprint density at radius 1 is 1.35 bits per heavy atom. The molecule has 2 rings (SSSR count). The minimum absolute atomic E-state index is 0.126. The molecule has 0 aliphatic rings. The molecule has 0 spiro atoms. The molecule has 0 bridgehead atoms. The van der Waals surface area contributed by atoms with E-state index in [0.29, 0.717) is 17.1 Å². The summed E-state index contributed by atoms with van der Waals surface area (Å²) >= 11 is 0. The van der Waals surface area contributed by atoms with E-state index in [-0.39, 0.29) is 5.84 Å². The number of nitrogens with one attached hydrogen (secondary N) is 1. The second kappa shape index (κ2) is 4.61. The molecule has 0 aliphatic heterocycles. The summed E-state index contributed by atoms with van der Waals surface area (Å²) in [5.41, 5.74) is 5.82. The topological polar surface area (TPSA) is 72.0 Å². The molecular weight excluding hydrogens is 221 g/mol. The van der Waals surface area contributed by atoms with Gasteiger partial charge < -0.3 is 10.5 Å². The molecule has 3 N–H and O–H groups in total. The first-order chi connectivity index (χ1) is 8.16. The molecule has 0 atom stereocenters. The standard InChI is InChI=1S/C12H10FN3O/c13-8-2-1-3-9(6-8)17-11-7-16-5-4-10(11)12(14)15/h1-7H,(H3,14,15). The Kier molecular flexibility index (Phi) is 3.00. The highest BCUT2D eigenvalue weighted by atomic mass is 19.1. The molecule has 5 heteroatoms. The lowest BCUT2D eigenvalue weighted by molar-refractivity contribution is 0.473. The fourth-order valence-corrected chi connectivity index (χ4v) is 1.34. The molecule has 17 heavy (non-hydrogen) atoms. The van der Waals surface area contributed by atoms with E-state index in [1.807, 2.05) is 0 Å². The number of amidine groups is 1. The molecular formula is C12H10FN3O. The van der Waals surface area contributed by atoms with Crippen LogP contribution in [0.1, 0.15) is 5.56 Å². The number of nitrogen functional groups attached to an aromatic ring is 1. The summed E-state index contributed by atoms with van der Waals surface area (Å²) in [6.45, 7) is 0. The van der Waals surface area contributed by atoms with E-state index in [1.165, 1.54) is 30.6 Å². The summed E-state index contributed by atoms with van der Waals surface area (Å²) in [7, 11) is 0. The Hall–Kier alpha value is -2.43. The maximum Gasteiger partial charge on any atom is 0.156 e. The predicted octanol–water partition coefficient (Wildman–Crippen LogP) is 2.30. The van der Waals surface area contributed by atoms with E-state index < -0.39 is 5.82 Å². The second-order valence-electron chi connectivity index (χ2n) is 3.34. The van der Waals surface area contributed by atoms with Crippen LogP contribution in [-0.2, 0) is 0 Å². The molecule has 0 saturated heterocycles. The third-order valence-corrected chi connectivity index (χ3v) is 2.10. The monoisotopic (exact) mass is 231 g/mol. The van der Waals surface area contributed by atoms with Gasteiger partial charge in [0.2, 0.25) is 0 Å². The largest absolute Gasteiger partial charge is 0.455 e. The van der Waals surface area contributed by atoms with Crippen molar-refractivity contribution in [2.75, 3.05) is 0 Å². The molecule has 2 aromatic rings. The third-order valence-electron chi connectivity index (χ3n) is 2.10. The molecule has 0 amide bonds. The van der Waals surface area contributed by atoms with Crippen molar-refractivity contribution in [3.8, 4) is 11.5 Å². The Balaban J connectivity index is 2.33. The van der Waals surface area contributed by atoms with Crippen molar-refractivity contribution in [3.63, 3.8) is 0 Å². The van der Waals surface area contributed by atoms with Crippen LogP contribution in [-0.4, -0.2) is 10.8 Å². The van der Waals surface area contributed by atoms with Gasteiger partial charge in [-0.1, -0.05) is 6.07 Å². The summed E-state index contributed by atoms with van der Waals surface area (Å²) in [6.07, 6.45) is 2.94. The number of rotatable bonds is 3. The number of aromatic nitrogens is 1. The van der Waals surface area contributed by atoms with Gasteiger partial charge in [0.1, 0.15) is 17.4 Å². The summed E-state index contributed by atoms with van der Waals surface area (Å²) in [5.74, 6) is 0.140. The van der Waals surface area contributed by atoms with Crippen molar-refractivity contribution in [3.05, 3.63) is 54.1 Å². The lowest BCUT2D eigenvalue weighted by Crippen LogP contribution is -2.12. The van der Waals surface area contributed by atoms with Crippen LogP contribution in [0, 0.1) is 11.2 Å². The van der Waals surface area contributed by atoms with Gasteiger partial charge in [-0.3, -0.25) is 10.4 Å². The van der Waals surface area contributed by atoms with Gasteiger partial charge in [-0.05, 0) is 18.2 Å². The van der Waals surface area contributed by atoms with Gasteiger partial charge in [0.15, 0.2) is 5.75 Å². The number of pyridine rings is 1. The predicted molar refractivity (Wildman–Crippen MR) is 61.7 cm³/mol. The molecule has 0 aliphatic carbocycles. The highest BCUT2D eigenvalue weighted by molar-refractivity contribution is 5.97. The normalized spacial score (nSPS) is 9.94. The second-order valence-corrected chi connectivity index (χ2v) is 3.34. The molecule has 0 unspecified atom stereocenters. The Labute approximate surface area is 97.4 Å². The Morgan fingerprint density at radius 2 is 2.18 bits per heavy atom. The number of hydrogen-bond acceptors (Lipinski definition) is 3. The highest BCUT2D eigenvalue weighted by Crippen LogP contribution is 2.24. The molecule has 4 nitrogen and oxygen atoms in total. The van der Waals surface area contributed by atoms with E-state index >= 15 is 0 Å². The summed E-state index contributed by atoms with van der Waals surface area (Å²) in [6, 6.07) is 7.28. The maximum absolute atomic E-state index is 13.0. The molecule has 86 valence electrons. The van der Waals surface area contributed by atoms with Crippen LogP contribution in [0.25, 0.3) is 0 Å². The van der Waals surface area contributed by atoms with Crippen LogP contribution in [0.3, 0.4) is 0 Å². The summed E-state index contributed by atoms with van der Waals surface area (Å²) in [4.78, 5) is 3.88. The fourth-order valence-electron chi connectivity index (χ4n) is 1.34. The maximum atomic E-state index is 13.0. The molecule has 1 heterocycles. The smallest absolute Gasteiger partial charge is 0.156 e. The lowest BCUT2D eigenvalue weighted by atomic mass is 10.2. The number of benzene rings is 1. The van der Waals surface area contributed by atoms with Gasteiger partial charge >= 0.3 is 0 Å². The van der Waals surface area contributed by atoms with Gasteiger partial charge in [-0.15, -0.1) is 0 Å². The van der Waals surface area contributed by atoms with Crippen molar-refractivity contribution < 1.29 is 9.13 Å². The Morgan fingerprint density at radius 3 is 2.88 bits per heavy atom. The molecule has 0 saturated carbocycles. The number of nitrogens with zero attached hydrogens (tertiary/aromatic N) is 1. The third kappa shape index (κ3) is 2.57. The van der Waals surface area contributed by atoms with Gasteiger partial charge in [0.25, 0.3) is 0 Å². The first-order valence-corrected chi connectivity index (χ1v) is 4.88. The fraction of sp³-hybridized carbons (Fsp3) is 0. The zero-order valence-corrected chi connectivity index (χ0v) is 8.85. The molecule has 1 aromatic heterocycles. The van der Waals surface area contributed by atoms with Crippen molar-refractivity contribution in [2.45, 2.75) is 0 Å². The van der Waals surface area contributed by atoms with Crippen LogP contribution in [0.4, 0.5) is 4.39 Å². The van der Waals surface area contributed by atoms with E-state index in [0.717, 1.165) is 0 Å². The van der Waals surface area contributed by atoms with E-state index in [2.05, 4.69) is 4.98 Å². The van der Waals surface area contributed by atoms with Gasteiger partial charge in [0, 0.05) is 12.3 Å². The SMILES string of the molecule is N=C(N)c1ccncc1Oc1cccc(F)c1. The van der Waals surface area contributed by atoms with Crippen LogP contribution in [0.15, 0.2) is 42.7 Å². The summed E-state index contributed by atoms with van der Waals surface area (Å²) < 4.78 is 18.4. The number of hydrogen-bond donors (Lipinski definition) is 2.